The Morgan fingerprint density at radius 2 is 1.78 bits per heavy atom. The molecule has 0 radical (unpaired) electrons. The second kappa shape index (κ2) is 7.90. The Bertz CT molecular complexity index is 673. The van der Waals surface area contributed by atoms with Crippen molar-refractivity contribution in [3.05, 3.63) is 70.3 Å². The Kier molecular flexibility index (Phi) is 5.65. The van der Waals surface area contributed by atoms with Crippen LogP contribution in [0.2, 0.25) is 0 Å². The van der Waals surface area contributed by atoms with Crippen LogP contribution in [0.3, 0.4) is 0 Å². The molecule has 0 aromatic heterocycles. The summed E-state index contributed by atoms with van der Waals surface area (Å²) in [5.74, 6) is -0.183. The van der Waals surface area contributed by atoms with Crippen molar-refractivity contribution in [3.63, 3.8) is 0 Å². The Labute approximate surface area is 132 Å². The van der Waals surface area contributed by atoms with Gasteiger partial charge >= 0.3 is 11.8 Å². The maximum Gasteiger partial charge on any atom is 0.516 e. The summed E-state index contributed by atoms with van der Waals surface area (Å²) in [4.78, 5) is 21.9. The molecule has 1 atom stereocenters. The summed E-state index contributed by atoms with van der Waals surface area (Å²) in [7, 11) is 0. The fourth-order valence-corrected chi connectivity index (χ4v) is 1.77. The van der Waals surface area contributed by atoms with Gasteiger partial charge in [0.05, 0.1) is 11.5 Å². The highest BCUT2D eigenvalue weighted by Crippen LogP contribution is 2.26. The van der Waals surface area contributed by atoms with E-state index in [1.165, 1.54) is 31.2 Å². The smallest absolute Gasteiger partial charge is 0.404 e. The predicted molar refractivity (Wildman–Crippen MR) is 80.9 cm³/mol. The van der Waals surface area contributed by atoms with Gasteiger partial charge in [-0.3, -0.25) is 10.1 Å². The van der Waals surface area contributed by atoms with Crippen molar-refractivity contribution in [3.8, 4) is 5.75 Å². The maximum atomic E-state index is 11.7. The number of carbonyl (C=O) groups is 1. The lowest BCUT2D eigenvalue weighted by atomic mass is 10.2. The normalized spacial score (nSPS) is 11.5. The molecule has 2 aromatic rings. The first-order valence-electron chi connectivity index (χ1n) is 6.83. The minimum atomic E-state index is -1.07. The van der Waals surface area contributed by atoms with E-state index in [1.807, 2.05) is 30.3 Å². The predicted octanol–water partition coefficient (Wildman–Crippen LogP) is 3.67. The summed E-state index contributed by atoms with van der Waals surface area (Å²) in [5.41, 5.74) is 0.609. The van der Waals surface area contributed by atoms with Gasteiger partial charge < -0.3 is 14.2 Å². The SMILES string of the molecule is CC(OCc1ccccc1)OC(=O)Oc1ccccc1[N+](=O)[O-]. The third-order valence-electron chi connectivity index (χ3n) is 2.84. The number of nitro groups is 1. The van der Waals surface area contributed by atoms with Gasteiger partial charge in [-0.05, 0) is 18.6 Å². The molecule has 23 heavy (non-hydrogen) atoms. The molecule has 7 heteroatoms. The Morgan fingerprint density at radius 3 is 2.48 bits per heavy atom. The molecule has 0 saturated carbocycles. The molecular formula is C16H15NO6. The van der Waals surface area contributed by atoms with Crippen LogP contribution in [-0.2, 0) is 16.1 Å². The van der Waals surface area contributed by atoms with E-state index >= 15 is 0 Å². The van der Waals surface area contributed by atoms with Crippen LogP contribution in [0.4, 0.5) is 10.5 Å². The summed E-state index contributed by atoms with van der Waals surface area (Å²) in [6.45, 7) is 1.80. The van der Waals surface area contributed by atoms with E-state index in [1.54, 1.807) is 0 Å². The summed E-state index contributed by atoms with van der Waals surface area (Å²) < 4.78 is 15.1. The van der Waals surface area contributed by atoms with Crippen LogP contribution in [0.5, 0.6) is 5.75 Å². The van der Waals surface area contributed by atoms with Crippen LogP contribution >= 0.6 is 0 Å². The van der Waals surface area contributed by atoms with Crippen LogP contribution < -0.4 is 4.74 Å². The van der Waals surface area contributed by atoms with Gasteiger partial charge in [0.25, 0.3) is 0 Å². The minimum Gasteiger partial charge on any atom is -0.404 e. The lowest BCUT2D eigenvalue weighted by molar-refractivity contribution is -0.385. The molecule has 0 heterocycles. The number of benzene rings is 2. The third kappa shape index (κ3) is 5.08. The van der Waals surface area contributed by atoms with E-state index in [0.29, 0.717) is 0 Å². The first-order chi connectivity index (χ1) is 11.1. The number of nitro benzene ring substituents is 1. The van der Waals surface area contributed by atoms with Crippen molar-refractivity contribution < 1.29 is 23.9 Å². The highest BCUT2D eigenvalue weighted by atomic mass is 16.8. The number of para-hydroxylation sites is 2. The molecule has 120 valence electrons. The van der Waals surface area contributed by atoms with Gasteiger partial charge in [0.15, 0.2) is 0 Å². The van der Waals surface area contributed by atoms with E-state index in [4.69, 9.17) is 14.2 Å². The molecule has 7 nitrogen and oxygen atoms in total. The lowest BCUT2D eigenvalue weighted by Gasteiger charge is -2.13. The molecule has 0 fully saturated rings. The molecule has 0 aliphatic heterocycles. The number of hydrogen-bond donors (Lipinski definition) is 0. The molecule has 0 amide bonds. The van der Waals surface area contributed by atoms with Crippen molar-refractivity contribution in [2.45, 2.75) is 19.8 Å². The molecular weight excluding hydrogens is 302 g/mol. The van der Waals surface area contributed by atoms with Crippen LogP contribution in [0, 0.1) is 10.1 Å². The monoisotopic (exact) mass is 317 g/mol. The first kappa shape index (κ1) is 16.4. The van der Waals surface area contributed by atoms with Crippen molar-refractivity contribution in [2.75, 3.05) is 0 Å². The lowest BCUT2D eigenvalue weighted by Crippen LogP contribution is -2.21. The van der Waals surface area contributed by atoms with Crippen molar-refractivity contribution in [2.24, 2.45) is 0 Å². The van der Waals surface area contributed by atoms with E-state index < -0.39 is 17.4 Å². The molecule has 2 aromatic carbocycles. The van der Waals surface area contributed by atoms with E-state index in [2.05, 4.69) is 0 Å². The number of hydrogen-bond acceptors (Lipinski definition) is 6. The quantitative estimate of drug-likeness (QED) is 0.265. The number of carbonyl (C=O) groups excluding carboxylic acids is 1. The van der Waals surface area contributed by atoms with Crippen LogP contribution in [0.15, 0.2) is 54.6 Å². The average Bonchev–Trinajstić information content (AvgIpc) is 2.54. The number of nitrogens with zero attached hydrogens (tertiary/aromatic N) is 1. The van der Waals surface area contributed by atoms with Crippen LogP contribution in [-0.4, -0.2) is 17.4 Å². The van der Waals surface area contributed by atoms with E-state index in [0.717, 1.165) is 5.56 Å². The van der Waals surface area contributed by atoms with Gasteiger partial charge in [-0.1, -0.05) is 42.5 Å². The zero-order chi connectivity index (χ0) is 16.7. The Morgan fingerprint density at radius 1 is 1.13 bits per heavy atom. The van der Waals surface area contributed by atoms with Crippen molar-refractivity contribution in [1.29, 1.82) is 0 Å². The number of rotatable bonds is 6. The van der Waals surface area contributed by atoms with Crippen LogP contribution in [0.1, 0.15) is 12.5 Å². The van der Waals surface area contributed by atoms with Crippen molar-refractivity contribution >= 4 is 11.8 Å². The summed E-state index contributed by atoms with van der Waals surface area (Å²) >= 11 is 0. The first-order valence-corrected chi connectivity index (χ1v) is 6.83. The van der Waals surface area contributed by atoms with Crippen LogP contribution in [0.25, 0.3) is 0 Å². The van der Waals surface area contributed by atoms with Gasteiger partial charge in [0, 0.05) is 6.07 Å². The largest absolute Gasteiger partial charge is 0.516 e. The number of ether oxygens (including phenoxy) is 3. The molecule has 0 aliphatic carbocycles. The molecule has 0 aliphatic rings. The topological polar surface area (TPSA) is 87.9 Å². The van der Waals surface area contributed by atoms with Gasteiger partial charge in [0.1, 0.15) is 0 Å². The maximum absolute atomic E-state index is 11.7. The van der Waals surface area contributed by atoms with E-state index in [-0.39, 0.29) is 18.0 Å². The highest BCUT2D eigenvalue weighted by molar-refractivity contribution is 5.66. The third-order valence-corrected chi connectivity index (χ3v) is 2.84. The summed E-state index contributed by atoms with van der Waals surface area (Å²) in [6, 6.07) is 14.9. The van der Waals surface area contributed by atoms with Gasteiger partial charge in [-0.15, -0.1) is 0 Å². The summed E-state index contributed by atoms with van der Waals surface area (Å²) in [5, 5.41) is 10.8. The molecule has 2 rings (SSSR count). The second-order valence-corrected chi connectivity index (χ2v) is 4.56. The molecule has 0 spiro atoms. The fraction of sp³-hybridized carbons (Fsp3) is 0.188. The molecule has 0 saturated heterocycles. The standard InChI is InChI=1S/C16H15NO6/c1-12(21-11-13-7-3-2-4-8-13)22-16(18)23-15-10-6-5-9-14(15)17(19)20/h2-10,12H,11H2,1H3. The average molecular weight is 317 g/mol. The van der Waals surface area contributed by atoms with Gasteiger partial charge in [-0.2, -0.15) is 0 Å². The highest BCUT2D eigenvalue weighted by Gasteiger charge is 2.19. The molecule has 0 N–H and O–H groups in total. The molecule has 1 unspecified atom stereocenters. The summed E-state index contributed by atoms with van der Waals surface area (Å²) in [6.07, 6.45) is -1.93. The second-order valence-electron chi connectivity index (χ2n) is 4.56. The van der Waals surface area contributed by atoms with Gasteiger partial charge in [0.2, 0.25) is 12.0 Å². The Balaban J connectivity index is 1.86. The van der Waals surface area contributed by atoms with Crippen molar-refractivity contribution in [1.82, 2.24) is 0 Å². The zero-order valence-corrected chi connectivity index (χ0v) is 12.4. The van der Waals surface area contributed by atoms with Gasteiger partial charge in [-0.25, -0.2) is 4.79 Å². The Hall–Kier alpha value is -2.93. The van der Waals surface area contributed by atoms with E-state index in [9.17, 15) is 14.9 Å². The zero-order valence-electron chi connectivity index (χ0n) is 12.4. The molecule has 0 bridgehead atoms. The fourth-order valence-electron chi connectivity index (χ4n) is 1.77. The minimum absolute atomic E-state index is 0.183.